The summed E-state index contributed by atoms with van der Waals surface area (Å²) in [6.07, 6.45) is 7.88. The van der Waals surface area contributed by atoms with Crippen LogP contribution in [0.4, 0.5) is 0 Å². The van der Waals surface area contributed by atoms with Crippen LogP contribution < -0.4 is 0 Å². The lowest BCUT2D eigenvalue weighted by Gasteiger charge is -2.24. The Bertz CT molecular complexity index is 780. The Morgan fingerprint density at radius 1 is 1.12 bits per heavy atom. The Balaban J connectivity index is 1.80. The van der Waals surface area contributed by atoms with Gasteiger partial charge in [-0.15, -0.1) is 0 Å². The molecule has 1 amide bonds. The quantitative estimate of drug-likeness (QED) is 0.701. The molecule has 0 fully saturated rings. The molecule has 1 atom stereocenters. The fourth-order valence-corrected chi connectivity index (χ4v) is 2.81. The van der Waals surface area contributed by atoms with Crippen LogP contribution in [0.15, 0.2) is 61.2 Å². The second kappa shape index (κ2) is 7.12. The van der Waals surface area contributed by atoms with Crippen LogP contribution in [-0.2, 0) is 11.3 Å². The number of para-hydroxylation sites is 1. The van der Waals surface area contributed by atoms with Gasteiger partial charge in [0.05, 0.1) is 5.69 Å². The first-order chi connectivity index (χ1) is 11.7. The first-order valence-electron chi connectivity index (χ1n) is 8.02. The molecule has 0 spiro atoms. The highest BCUT2D eigenvalue weighted by atomic mass is 16.2. The Morgan fingerprint density at radius 2 is 1.88 bits per heavy atom. The number of nitrogens with zero attached hydrogens (tertiary/aromatic N) is 5. The predicted octanol–water partition coefficient (Wildman–Crippen LogP) is 2.68. The smallest absolute Gasteiger partial charge is 0.247 e. The summed E-state index contributed by atoms with van der Waals surface area (Å²) in [5, 5.41) is 8.50. The highest BCUT2D eigenvalue weighted by Crippen LogP contribution is 2.18. The third-order valence-corrected chi connectivity index (χ3v) is 4.04. The summed E-state index contributed by atoms with van der Waals surface area (Å²) in [5.74, 6) is 0.0523. The maximum absolute atomic E-state index is 12.8. The molecule has 2 aromatic heterocycles. The highest BCUT2D eigenvalue weighted by molar-refractivity contribution is 5.80. The molecule has 124 valence electrons. The van der Waals surface area contributed by atoms with Gasteiger partial charge in [0, 0.05) is 38.4 Å². The fraction of sp³-hybridized carbons (Fsp3) is 0.278. The van der Waals surface area contributed by atoms with E-state index in [0.29, 0.717) is 13.0 Å². The summed E-state index contributed by atoms with van der Waals surface area (Å²) in [7, 11) is 1.83. The number of benzene rings is 1. The van der Waals surface area contributed by atoms with Crippen LogP contribution >= 0.6 is 0 Å². The van der Waals surface area contributed by atoms with E-state index in [9.17, 15) is 4.79 Å². The molecule has 1 aromatic carbocycles. The zero-order valence-electron chi connectivity index (χ0n) is 13.9. The standard InChI is InChI=1S/C18H21N5O/c1-3-16(22-12-6-10-19-22)18(24)21(2)14-15-8-4-5-9-17(15)23-13-7-11-20-23/h4-13,16H,3,14H2,1-2H3/t16-/m0/s1. The lowest BCUT2D eigenvalue weighted by Crippen LogP contribution is -2.34. The van der Waals surface area contributed by atoms with Crippen LogP contribution in [0.2, 0.25) is 0 Å². The summed E-state index contributed by atoms with van der Waals surface area (Å²) in [4.78, 5) is 14.6. The number of aromatic nitrogens is 4. The molecule has 0 aliphatic carbocycles. The van der Waals surface area contributed by atoms with Crippen LogP contribution in [0.25, 0.3) is 5.69 Å². The van der Waals surface area contributed by atoms with Gasteiger partial charge in [-0.25, -0.2) is 4.68 Å². The first kappa shape index (κ1) is 16.0. The molecule has 0 unspecified atom stereocenters. The molecule has 0 aliphatic rings. The molecule has 2 heterocycles. The lowest BCUT2D eigenvalue weighted by atomic mass is 10.1. The van der Waals surface area contributed by atoms with Crippen molar-refractivity contribution < 1.29 is 4.79 Å². The van der Waals surface area contributed by atoms with Crippen molar-refractivity contribution in [3.63, 3.8) is 0 Å². The van der Waals surface area contributed by atoms with Gasteiger partial charge in [-0.3, -0.25) is 9.48 Å². The van der Waals surface area contributed by atoms with E-state index in [0.717, 1.165) is 11.3 Å². The van der Waals surface area contributed by atoms with Crippen molar-refractivity contribution in [2.24, 2.45) is 0 Å². The number of carbonyl (C=O) groups is 1. The molecule has 3 aromatic rings. The van der Waals surface area contributed by atoms with Crippen molar-refractivity contribution in [2.45, 2.75) is 25.9 Å². The Kier molecular flexibility index (Phi) is 4.74. The van der Waals surface area contributed by atoms with Gasteiger partial charge in [0.1, 0.15) is 6.04 Å². The molecule has 0 aliphatic heterocycles. The lowest BCUT2D eigenvalue weighted by molar-refractivity contribution is -0.134. The second-order valence-corrected chi connectivity index (χ2v) is 5.68. The second-order valence-electron chi connectivity index (χ2n) is 5.68. The Hall–Kier alpha value is -2.89. The van der Waals surface area contributed by atoms with Crippen molar-refractivity contribution in [3.05, 3.63) is 66.7 Å². The monoisotopic (exact) mass is 323 g/mol. The largest absolute Gasteiger partial charge is 0.339 e. The van der Waals surface area contributed by atoms with Gasteiger partial charge in [-0.05, 0) is 30.2 Å². The van der Waals surface area contributed by atoms with Gasteiger partial charge in [-0.2, -0.15) is 10.2 Å². The number of rotatable bonds is 6. The maximum atomic E-state index is 12.8. The average molecular weight is 323 g/mol. The van der Waals surface area contributed by atoms with Crippen molar-refractivity contribution in [2.75, 3.05) is 7.05 Å². The van der Waals surface area contributed by atoms with Crippen molar-refractivity contribution >= 4 is 5.91 Å². The van der Waals surface area contributed by atoms with Crippen LogP contribution in [0, 0.1) is 0 Å². The predicted molar refractivity (Wildman–Crippen MR) is 91.6 cm³/mol. The summed E-state index contributed by atoms with van der Waals surface area (Å²) in [6, 6.07) is 11.4. The van der Waals surface area contributed by atoms with E-state index >= 15 is 0 Å². The van der Waals surface area contributed by atoms with Gasteiger partial charge in [-0.1, -0.05) is 25.1 Å². The summed E-state index contributed by atoms with van der Waals surface area (Å²) in [6.45, 7) is 2.52. The van der Waals surface area contributed by atoms with E-state index < -0.39 is 0 Å². The molecule has 0 bridgehead atoms. The van der Waals surface area contributed by atoms with Gasteiger partial charge in [0.15, 0.2) is 0 Å². The third kappa shape index (κ3) is 3.22. The molecular weight excluding hydrogens is 302 g/mol. The Morgan fingerprint density at radius 3 is 2.54 bits per heavy atom. The minimum Gasteiger partial charge on any atom is -0.339 e. The molecule has 0 saturated heterocycles. The normalized spacial score (nSPS) is 12.1. The van der Waals surface area contributed by atoms with E-state index in [-0.39, 0.29) is 11.9 Å². The number of likely N-dealkylation sites (N-methyl/N-ethyl adjacent to an activating group) is 1. The first-order valence-corrected chi connectivity index (χ1v) is 8.02. The van der Waals surface area contributed by atoms with E-state index in [4.69, 9.17) is 0 Å². The molecule has 3 rings (SSSR count). The van der Waals surface area contributed by atoms with Crippen molar-refractivity contribution in [1.29, 1.82) is 0 Å². The van der Waals surface area contributed by atoms with Crippen LogP contribution in [-0.4, -0.2) is 37.4 Å². The summed E-state index contributed by atoms with van der Waals surface area (Å²) >= 11 is 0. The Labute approximate surface area is 141 Å². The number of amides is 1. The average Bonchev–Trinajstić information content (AvgIpc) is 3.30. The molecule has 0 N–H and O–H groups in total. The fourth-order valence-electron chi connectivity index (χ4n) is 2.81. The number of carbonyl (C=O) groups excluding carboxylic acids is 1. The minimum absolute atomic E-state index is 0.0523. The molecule has 0 radical (unpaired) electrons. The number of hydrogen-bond acceptors (Lipinski definition) is 3. The van der Waals surface area contributed by atoms with E-state index in [1.165, 1.54) is 0 Å². The van der Waals surface area contributed by atoms with E-state index in [1.807, 2.05) is 67.4 Å². The van der Waals surface area contributed by atoms with E-state index in [1.54, 1.807) is 22.0 Å². The zero-order valence-corrected chi connectivity index (χ0v) is 13.9. The third-order valence-electron chi connectivity index (χ3n) is 4.04. The maximum Gasteiger partial charge on any atom is 0.247 e. The van der Waals surface area contributed by atoms with Gasteiger partial charge in [0.25, 0.3) is 0 Å². The SMILES string of the molecule is CC[C@@H](C(=O)N(C)Cc1ccccc1-n1cccn1)n1cccn1. The molecular formula is C18H21N5O. The zero-order chi connectivity index (χ0) is 16.9. The molecule has 0 saturated carbocycles. The van der Waals surface area contributed by atoms with Gasteiger partial charge < -0.3 is 4.90 Å². The van der Waals surface area contributed by atoms with Gasteiger partial charge in [0.2, 0.25) is 5.91 Å². The number of hydrogen-bond donors (Lipinski definition) is 0. The highest BCUT2D eigenvalue weighted by Gasteiger charge is 2.23. The topological polar surface area (TPSA) is 56.0 Å². The molecule has 24 heavy (non-hydrogen) atoms. The molecule has 6 heteroatoms. The molecule has 6 nitrogen and oxygen atoms in total. The van der Waals surface area contributed by atoms with Crippen LogP contribution in [0.1, 0.15) is 24.9 Å². The van der Waals surface area contributed by atoms with Gasteiger partial charge >= 0.3 is 0 Å². The summed E-state index contributed by atoms with van der Waals surface area (Å²) in [5.41, 5.74) is 2.03. The van der Waals surface area contributed by atoms with Crippen molar-refractivity contribution in [1.82, 2.24) is 24.5 Å². The van der Waals surface area contributed by atoms with Crippen LogP contribution in [0.5, 0.6) is 0 Å². The van der Waals surface area contributed by atoms with Crippen molar-refractivity contribution in [3.8, 4) is 5.69 Å². The van der Waals surface area contributed by atoms with E-state index in [2.05, 4.69) is 10.2 Å². The summed E-state index contributed by atoms with van der Waals surface area (Å²) < 4.78 is 3.54. The minimum atomic E-state index is -0.276. The van der Waals surface area contributed by atoms with Crippen LogP contribution in [0.3, 0.4) is 0 Å².